The number of hydrogen-bond donors (Lipinski definition) is 0. The van der Waals surface area contributed by atoms with E-state index in [9.17, 15) is 9.59 Å². The average molecular weight is 548 g/mol. The monoisotopic (exact) mass is 546 g/mol. The molecule has 1 aromatic rings. The van der Waals surface area contributed by atoms with E-state index in [1.54, 1.807) is 13.4 Å². The quantitative estimate of drug-likeness (QED) is 0.135. The second-order valence-corrected chi connectivity index (χ2v) is 10.9. The van der Waals surface area contributed by atoms with Gasteiger partial charge in [-0.05, 0) is 55.7 Å². The largest absolute Gasteiger partial charge is 0.504 e. The molecule has 0 radical (unpaired) electrons. The topological polar surface area (TPSA) is 59.1 Å². The van der Waals surface area contributed by atoms with E-state index in [1.165, 1.54) is 25.5 Å². The molecule has 2 fully saturated rings. The molecule has 0 saturated carbocycles. The van der Waals surface area contributed by atoms with Crippen LogP contribution in [0.1, 0.15) is 57.4 Å². The van der Waals surface area contributed by atoms with E-state index in [2.05, 4.69) is 50.9 Å². The number of hydrogen-bond acceptors (Lipinski definition) is 5. The van der Waals surface area contributed by atoms with Crippen LogP contribution in [0, 0.1) is 11.8 Å². The van der Waals surface area contributed by atoms with Crippen molar-refractivity contribution in [1.82, 2.24) is 4.90 Å². The van der Waals surface area contributed by atoms with E-state index >= 15 is 0 Å². The van der Waals surface area contributed by atoms with Crippen LogP contribution < -0.4 is 4.90 Å². The molecule has 4 atom stereocenters. The normalized spacial score (nSPS) is 28.3. The molecule has 0 bridgehead atoms. The first-order valence-electron chi connectivity index (χ1n) is 13.1. The maximum atomic E-state index is 14.3. The fourth-order valence-corrected chi connectivity index (χ4v) is 7.16. The molecule has 1 spiro atoms. The summed E-state index contributed by atoms with van der Waals surface area (Å²) in [7, 11) is 2.99. The number of nitrogens with zero attached hydrogens (tertiary/aromatic N) is 2. The summed E-state index contributed by atoms with van der Waals surface area (Å²) in [5.41, 5.74) is 2.29. The summed E-state index contributed by atoms with van der Waals surface area (Å²) < 4.78 is 10.4. The zero-order chi connectivity index (χ0) is 25.0. The molecule has 1 aromatic carbocycles. The van der Waals surface area contributed by atoms with Crippen LogP contribution in [0.15, 0.2) is 36.1 Å². The zero-order valence-corrected chi connectivity index (χ0v) is 22.9. The number of halogens is 1. The van der Waals surface area contributed by atoms with Crippen molar-refractivity contribution in [3.05, 3.63) is 41.7 Å². The molecule has 2 saturated heterocycles. The molecule has 6 nitrogen and oxygen atoms in total. The van der Waals surface area contributed by atoms with E-state index in [0.717, 1.165) is 62.8 Å². The molecular weight excluding hydrogens is 508 g/mol. The van der Waals surface area contributed by atoms with Crippen LogP contribution >= 0.6 is 15.9 Å². The number of unbranched alkanes of at least 4 members (excludes halogenated alkanes) is 3. The van der Waals surface area contributed by atoms with Gasteiger partial charge in [0.25, 0.3) is 0 Å². The number of piperidine rings is 1. The number of ether oxygens (including phenoxy) is 2. The molecule has 0 aliphatic carbocycles. The van der Waals surface area contributed by atoms with Gasteiger partial charge < -0.3 is 14.4 Å². The highest BCUT2D eigenvalue weighted by molar-refractivity contribution is 9.09. The first kappa shape index (κ1) is 26.2. The maximum absolute atomic E-state index is 14.3. The highest BCUT2D eigenvalue weighted by atomic mass is 79.9. The number of carbonyl (C=O) groups excluding carboxylic acids is 2. The summed E-state index contributed by atoms with van der Waals surface area (Å²) in [4.78, 5) is 31.5. The lowest BCUT2D eigenvalue weighted by molar-refractivity contribution is -0.137. The third-order valence-corrected chi connectivity index (χ3v) is 9.04. The molecule has 7 heteroatoms. The van der Waals surface area contributed by atoms with Crippen LogP contribution in [0.4, 0.5) is 5.69 Å². The van der Waals surface area contributed by atoms with Gasteiger partial charge in [-0.15, -0.1) is 0 Å². The van der Waals surface area contributed by atoms with Crippen LogP contribution in [0.3, 0.4) is 0 Å². The Balaban J connectivity index is 1.65. The Kier molecular flexibility index (Phi) is 8.59. The molecule has 192 valence electrons. The van der Waals surface area contributed by atoms with Gasteiger partial charge in [0.05, 0.1) is 31.5 Å². The van der Waals surface area contributed by atoms with Crippen molar-refractivity contribution in [3.8, 4) is 0 Å². The Labute approximate surface area is 218 Å². The molecule has 1 amide bonds. The van der Waals surface area contributed by atoms with E-state index in [-0.39, 0.29) is 23.8 Å². The minimum absolute atomic E-state index is 0.00175. The van der Waals surface area contributed by atoms with Gasteiger partial charge in [0, 0.05) is 30.1 Å². The summed E-state index contributed by atoms with van der Waals surface area (Å²) in [6.45, 7) is 4.74. The number of methoxy groups -OCH3 is 2. The van der Waals surface area contributed by atoms with Crippen molar-refractivity contribution in [2.45, 2.75) is 63.3 Å². The molecule has 0 unspecified atom stereocenters. The summed E-state index contributed by atoms with van der Waals surface area (Å²) in [5.74, 6) is 0.232. The predicted octanol–water partition coefficient (Wildman–Crippen LogP) is 5.05. The van der Waals surface area contributed by atoms with Crippen molar-refractivity contribution >= 4 is 33.5 Å². The van der Waals surface area contributed by atoms with Crippen molar-refractivity contribution in [2.24, 2.45) is 11.8 Å². The number of benzene rings is 1. The summed E-state index contributed by atoms with van der Waals surface area (Å²) in [5, 5.41) is 1.03. The van der Waals surface area contributed by atoms with Crippen molar-refractivity contribution in [1.29, 1.82) is 0 Å². The fraction of sp³-hybridized carbons (Fsp3) is 0.643. The van der Waals surface area contributed by atoms with Crippen LogP contribution in [0.5, 0.6) is 0 Å². The van der Waals surface area contributed by atoms with Crippen molar-refractivity contribution < 1.29 is 19.1 Å². The molecule has 4 rings (SSSR count). The van der Waals surface area contributed by atoms with Gasteiger partial charge in [-0.3, -0.25) is 9.69 Å². The van der Waals surface area contributed by atoms with Gasteiger partial charge in [0.1, 0.15) is 0 Å². The molecule has 3 aliphatic rings. The Morgan fingerprint density at radius 3 is 2.69 bits per heavy atom. The Bertz CT molecular complexity index is 951. The molecule has 3 heterocycles. The molecule has 0 aromatic heterocycles. The number of rotatable bonds is 10. The van der Waals surface area contributed by atoms with E-state index in [4.69, 9.17) is 9.47 Å². The fourth-order valence-electron chi connectivity index (χ4n) is 6.77. The van der Waals surface area contributed by atoms with Gasteiger partial charge in [0.15, 0.2) is 0 Å². The predicted molar refractivity (Wildman–Crippen MR) is 142 cm³/mol. The molecular formula is C28H39BrN2O4. The zero-order valence-electron chi connectivity index (χ0n) is 21.3. The SMILES string of the molecule is CC[C@H]1CN2CC[C@]3(C(=O)N(CCCCCCBr)c4ccccc43)[C@@H]2C[C@@H]1/C(=C\OC)C(=O)OC. The third kappa shape index (κ3) is 4.66. The Hall–Kier alpha value is -1.86. The number of carbonyl (C=O) groups is 2. The second kappa shape index (κ2) is 11.5. The third-order valence-electron chi connectivity index (χ3n) is 8.48. The molecule has 35 heavy (non-hydrogen) atoms. The van der Waals surface area contributed by atoms with E-state index in [0.29, 0.717) is 11.5 Å². The Morgan fingerprint density at radius 2 is 1.97 bits per heavy atom. The maximum Gasteiger partial charge on any atom is 0.337 e. The minimum atomic E-state index is -0.544. The number of amides is 1. The summed E-state index contributed by atoms with van der Waals surface area (Å²) in [6, 6.07) is 8.45. The average Bonchev–Trinajstić information content (AvgIpc) is 3.37. The van der Waals surface area contributed by atoms with Gasteiger partial charge in [-0.25, -0.2) is 4.79 Å². The van der Waals surface area contributed by atoms with Crippen LogP contribution in [0.25, 0.3) is 0 Å². The number of fused-ring (bicyclic) bond motifs is 4. The Morgan fingerprint density at radius 1 is 1.20 bits per heavy atom. The van der Waals surface area contributed by atoms with Crippen molar-refractivity contribution in [2.75, 3.05) is 44.1 Å². The lowest BCUT2D eigenvalue weighted by Gasteiger charge is -2.45. The smallest absolute Gasteiger partial charge is 0.337 e. The van der Waals surface area contributed by atoms with Crippen LogP contribution in [-0.4, -0.2) is 62.0 Å². The van der Waals surface area contributed by atoms with E-state index < -0.39 is 5.41 Å². The first-order chi connectivity index (χ1) is 17.0. The first-order valence-corrected chi connectivity index (χ1v) is 14.2. The number of para-hydroxylation sites is 1. The van der Waals surface area contributed by atoms with Crippen LogP contribution in [-0.2, 0) is 24.5 Å². The summed E-state index contributed by atoms with van der Waals surface area (Å²) >= 11 is 3.51. The van der Waals surface area contributed by atoms with Gasteiger partial charge >= 0.3 is 5.97 Å². The highest BCUT2D eigenvalue weighted by Crippen LogP contribution is 2.55. The number of alkyl halides is 1. The second-order valence-electron chi connectivity index (χ2n) is 10.1. The molecule has 0 N–H and O–H groups in total. The van der Waals surface area contributed by atoms with Crippen molar-refractivity contribution in [3.63, 3.8) is 0 Å². The lowest BCUT2D eigenvalue weighted by Crippen LogP contribution is -2.55. The summed E-state index contributed by atoms with van der Waals surface area (Å²) in [6.07, 6.45) is 8.60. The standard InChI is InChI=1S/C28H39BrN2O4/c1-4-20-18-30-16-13-28(25(30)17-21(20)22(19-34-2)26(32)35-3)23-11-7-8-12-24(23)31(27(28)33)15-10-6-5-9-14-29/h7-8,11-12,19-21,25H,4-6,9-10,13-18H2,1-3H3/b22-19+/t20-,21-,25-,28+/m0/s1. The number of esters is 1. The number of anilines is 1. The van der Waals surface area contributed by atoms with Gasteiger partial charge in [0.2, 0.25) is 5.91 Å². The van der Waals surface area contributed by atoms with Gasteiger partial charge in [-0.2, -0.15) is 0 Å². The highest BCUT2D eigenvalue weighted by Gasteiger charge is 2.61. The van der Waals surface area contributed by atoms with E-state index in [1.807, 2.05) is 6.07 Å². The lowest BCUT2D eigenvalue weighted by atomic mass is 9.67. The minimum Gasteiger partial charge on any atom is -0.504 e. The molecule has 3 aliphatic heterocycles. The van der Waals surface area contributed by atoms with Crippen LogP contribution in [0.2, 0.25) is 0 Å². The van der Waals surface area contributed by atoms with Gasteiger partial charge in [-0.1, -0.05) is 60.3 Å².